The third kappa shape index (κ3) is 3.69. The first-order chi connectivity index (χ1) is 11.7. The van der Waals surface area contributed by atoms with Crippen LogP contribution in [0.3, 0.4) is 0 Å². The molecular formula is C18H20BrFN4. The van der Waals surface area contributed by atoms with Crippen LogP contribution in [-0.2, 0) is 0 Å². The van der Waals surface area contributed by atoms with Crippen LogP contribution in [0.5, 0.6) is 0 Å². The number of anilines is 3. The Kier molecular flexibility index (Phi) is 4.39. The highest BCUT2D eigenvalue weighted by Gasteiger charge is 2.27. The maximum Gasteiger partial charge on any atom is 0.225 e. The molecule has 0 spiro atoms. The molecule has 2 aliphatic carbocycles. The van der Waals surface area contributed by atoms with Crippen molar-refractivity contribution in [2.24, 2.45) is 0 Å². The molecule has 2 saturated carbocycles. The first-order valence-corrected chi connectivity index (χ1v) is 9.34. The molecule has 24 heavy (non-hydrogen) atoms. The van der Waals surface area contributed by atoms with Crippen molar-refractivity contribution in [2.45, 2.75) is 50.5 Å². The summed E-state index contributed by atoms with van der Waals surface area (Å²) in [6.07, 6.45) is 7.20. The van der Waals surface area contributed by atoms with Crippen LogP contribution in [-0.4, -0.2) is 16.0 Å². The minimum atomic E-state index is -0.304. The Morgan fingerprint density at radius 2 is 1.83 bits per heavy atom. The van der Waals surface area contributed by atoms with Crippen molar-refractivity contribution in [3.8, 4) is 0 Å². The van der Waals surface area contributed by atoms with Gasteiger partial charge in [0.1, 0.15) is 11.6 Å². The third-order valence-corrected chi connectivity index (χ3v) is 5.12. The van der Waals surface area contributed by atoms with Crippen LogP contribution in [0.1, 0.15) is 50.1 Å². The summed E-state index contributed by atoms with van der Waals surface area (Å²) in [5.41, 5.74) is 1.47. The second-order valence-electron chi connectivity index (χ2n) is 6.65. The van der Waals surface area contributed by atoms with E-state index in [9.17, 15) is 4.39 Å². The normalized spacial score (nSPS) is 17.9. The molecule has 0 aliphatic heterocycles. The molecule has 0 radical (unpaired) electrons. The summed E-state index contributed by atoms with van der Waals surface area (Å²) in [7, 11) is 0. The second kappa shape index (κ2) is 6.67. The van der Waals surface area contributed by atoms with E-state index in [2.05, 4.69) is 36.5 Å². The van der Waals surface area contributed by atoms with E-state index >= 15 is 0 Å². The van der Waals surface area contributed by atoms with Gasteiger partial charge >= 0.3 is 0 Å². The third-order valence-electron chi connectivity index (χ3n) is 4.62. The highest BCUT2D eigenvalue weighted by Crippen LogP contribution is 2.40. The lowest BCUT2D eigenvalue weighted by Crippen LogP contribution is -2.17. The Morgan fingerprint density at radius 3 is 2.54 bits per heavy atom. The van der Waals surface area contributed by atoms with Crippen molar-refractivity contribution in [3.63, 3.8) is 0 Å². The Bertz CT molecular complexity index is 742. The van der Waals surface area contributed by atoms with Gasteiger partial charge in [-0.3, -0.25) is 0 Å². The minimum Gasteiger partial charge on any atom is -0.351 e. The number of rotatable bonds is 5. The van der Waals surface area contributed by atoms with Gasteiger partial charge in [0, 0.05) is 22.5 Å². The summed E-state index contributed by atoms with van der Waals surface area (Å²) < 4.78 is 14.8. The standard InChI is InChI=1S/C18H20BrFN4/c19-12-7-8-15(14(20)9-12)22-17-10-16(11-5-6-11)23-18(24-17)21-13-3-1-2-4-13/h7-11,13H,1-6H2,(H2,21,22,23,24). The number of hydrogen-bond acceptors (Lipinski definition) is 4. The van der Waals surface area contributed by atoms with E-state index in [4.69, 9.17) is 0 Å². The van der Waals surface area contributed by atoms with Gasteiger partial charge in [-0.2, -0.15) is 4.98 Å². The van der Waals surface area contributed by atoms with Gasteiger partial charge in [0.15, 0.2) is 0 Å². The van der Waals surface area contributed by atoms with Crippen LogP contribution in [0.4, 0.5) is 21.8 Å². The smallest absolute Gasteiger partial charge is 0.225 e. The van der Waals surface area contributed by atoms with Gasteiger partial charge in [-0.1, -0.05) is 28.8 Å². The van der Waals surface area contributed by atoms with Gasteiger partial charge in [0.05, 0.1) is 11.4 Å². The van der Waals surface area contributed by atoms with Crippen LogP contribution < -0.4 is 10.6 Å². The number of hydrogen-bond donors (Lipinski definition) is 2. The molecule has 0 amide bonds. The molecule has 4 rings (SSSR count). The van der Waals surface area contributed by atoms with Crippen LogP contribution >= 0.6 is 15.9 Å². The number of nitrogens with one attached hydrogen (secondary N) is 2. The zero-order valence-corrected chi connectivity index (χ0v) is 14.9. The number of aromatic nitrogens is 2. The van der Waals surface area contributed by atoms with E-state index in [-0.39, 0.29) is 5.82 Å². The lowest BCUT2D eigenvalue weighted by atomic mass is 10.2. The Labute approximate surface area is 149 Å². The molecule has 6 heteroatoms. The van der Waals surface area contributed by atoms with Gasteiger partial charge < -0.3 is 10.6 Å². The maximum atomic E-state index is 14.1. The summed E-state index contributed by atoms with van der Waals surface area (Å²) in [6, 6.07) is 7.37. The van der Waals surface area contributed by atoms with Crippen molar-refractivity contribution in [2.75, 3.05) is 10.6 Å². The lowest BCUT2D eigenvalue weighted by molar-refractivity contribution is 0.631. The van der Waals surface area contributed by atoms with E-state index in [1.165, 1.54) is 44.6 Å². The van der Waals surface area contributed by atoms with Crippen molar-refractivity contribution in [1.29, 1.82) is 0 Å². The van der Waals surface area contributed by atoms with E-state index in [0.29, 0.717) is 29.4 Å². The minimum absolute atomic E-state index is 0.304. The number of benzene rings is 1. The number of halogens is 2. The predicted octanol–water partition coefficient (Wildman–Crippen LogP) is 5.35. The molecule has 0 atom stereocenters. The molecule has 2 fully saturated rings. The monoisotopic (exact) mass is 390 g/mol. The van der Waals surface area contributed by atoms with E-state index < -0.39 is 0 Å². The molecule has 2 aliphatic rings. The quantitative estimate of drug-likeness (QED) is 0.721. The molecule has 2 aromatic rings. The van der Waals surface area contributed by atoms with Crippen LogP contribution in [0.25, 0.3) is 0 Å². The maximum absolute atomic E-state index is 14.1. The van der Waals surface area contributed by atoms with Crippen molar-refractivity contribution >= 4 is 33.4 Å². The van der Waals surface area contributed by atoms with E-state index in [1.807, 2.05) is 12.1 Å². The first kappa shape index (κ1) is 15.8. The van der Waals surface area contributed by atoms with E-state index in [0.717, 1.165) is 10.2 Å². The molecule has 2 N–H and O–H groups in total. The SMILES string of the molecule is Fc1cc(Br)ccc1Nc1cc(C2CC2)nc(NC2CCCC2)n1. The highest BCUT2D eigenvalue weighted by atomic mass is 79.9. The molecule has 1 heterocycles. The van der Waals surface area contributed by atoms with Gasteiger partial charge in [0.2, 0.25) is 5.95 Å². The summed E-state index contributed by atoms with van der Waals surface area (Å²) in [6.45, 7) is 0. The molecule has 4 nitrogen and oxygen atoms in total. The topological polar surface area (TPSA) is 49.8 Å². The molecule has 126 valence electrons. The molecular weight excluding hydrogens is 371 g/mol. The van der Waals surface area contributed by atoms with Crippen LogP contribution in [0.2, 0.25) is 0 Å². The molecule has 1 aromatic carbocycles. The van der Waals surface area contributed by atoms with E-state index in [1.54, 1.807) is 6.07 Å². The zero-order chi connectivity index (χ0) is 16.5. The summed E-state index contributed by atoms with van der Waals surface area (Å²) in [5.74, 6) is 1.52. The summed E-state index contributed by atoms with van der Waals surface area (Å²) in [5, 5.41) is 6.55. The average molecular weight is 391 g/mol. The number of nitrogens with zero attached hydrogens (tertiary/aromatic N) is 2. The van der Waals surface area contributed by atoms with Gasteiger partial charge in [-0.25, -0.2) is 9.37 Å². The first-order valence-electron chi connectivity index (χ1n) is 8.55. The molecule has 0 bridgehead atoms. The fourth-order valence-corrected chi connectivity index (χ4v) is 3.50. The zero-order valence-electron chi connectivity index (χ0n) is 13.4. The van der Waals surface area contributed by atoms with Crippen LogP contribution in [0.15, 0.2) is 28.7 Å². The molecule has 1 aromatic heterocycles. The Hall–Kier alpha value is -1.69. The van der Waals surface area contributed by atoms with Gasteiger partial charge in [-0.05, 0) is 43.9 Å². The fraction of sp³-hybridized carbons (Fsp3) is 0.444. The highest BCUT2D eigenvalue weighted by molar-refractivity contribution is 9.10. The summed E-state index contributed by atoms with van der Waals surface area (Å²) >= 11 is 3.28. The fourth-order valence-electron chi connectivity index (χ4n) is 3.16. The van der Waals surface area contributed by atoms with Crippen molar-refractivity contribution < 1.29 is 4.39 Å². The predicted molar refractivity (Wildman–Crippen MR) is 97.3 cm³/mol. The second-order valence-corrected chi connectivity index (χ2v) is 7.57. The molecule has 0 saturated heterocycles. The van der Waals surface area contributed by atoms with Crippen LogP contribution in [0, 0.1) is 5.82 Å². The van der Waals surface area contributed by atoms with Gasteiger partial charge in [0.25, 0.3) is 0 Å². The largest absolute Gasteiger partial charge is 0.351 e. The Morgan fingerprint density at radius 1 is 1.04 bits per heavy atom. The summed E-state index contributed by atoms with van der Waals surface area (Å²) in [4.78, 5) is 9.23. The lowest BCUT2D eigenvalue weighted by Gasteiger charge is -2.15. The Balaban J connectivity index is 1.59. The van der Waals surface area contributed by atoms with Gasteiger partial charge in [-0.15, -0.1) is 0 Å². The molecule has 0 unspecified atom stereocenters. The van der Waals surface area contributed by atoms with Crippen molar-refractivity contribution in [3.05, 3.63) is 40.2 Å². The van der Waals surface area contributed by atoms with Crippen molar-refractivity contribution in [1.82, 2.24) is 9.97 Å². The average Bonchev–Trinajstić information content (AvgIpc) is 3.29.